The second-order valence-corrected chi connectivity index (χ2v) is 5.29. The minimum atomic E-state index is -0.588. The average Bonchev–Trinajstić information content (AvgIpc) is 2.15. The number of hydrogen-bond acceptors (Lipinski definition) is 2. The van der Waals surface area contributed by atoms with E-state index >= 15 is 0 Å². The highest BCUT2D eigenvalue weighted by atomic mass is 16.4. The largest absolute Gasteiger partial charge is 0.481 e. The molecule has 2 heterocycles. The van der Waals surface area contributed by atoms with E-state index in [4.69, 9.17) is 5.11 Å². The molecule has 0 aliphatic carbocycles. The Kier molecular flexibility index (Phi) is 3.01. The van der Waals surface area contributed by atoms with E-state index in [0.717, 1.165) is 12.8 Å². The van der Waals surface area contributed by atoms with Gasteiger partial charge in [-0.05, 0) is 39.5 Å². The topological polar surface area (TPSA) is 40.5 Å². The summed E-state index contributed by atoms with van der Waals surface area (Å²) < 4.78 is 0. The highest BCUT2D eigenvalue weighted by Gasteiger charge is 2.41. The van der Waals surface area contributed by atoms with Crippen molar-refractivity contribution in [2.24, 2.45) is 5.92 Å². The van der Waals surface area contributed by atoms with E-state index in [1.165, 1.54) is 19.3 Å². The van der Waals surface area contributed by atoms with Crippen LogP contribution < -0.4 is 0 Å². The summed E-state index contributed by atoms with van der Waals surface area (Å²) in [6.45, 7) is 4.46. The second kappa shape index (κ2) is 4.12. The molecule has 86 valence electrons. The zero-order valence-corrected chi connectivity index (χ0v) is 9.65. The number of hydrogen-bond donors (Lipinski definition) is 1. The van der Waals surface area contributed by atoms with Crippen molar-refractivity contribution in [3.8, 4) is 0 Å². The van der Waals surface area contributed by atoms with Crippen LogP contribution in [0.3, 0.4) is 0 Å². The van der Waals surface area contributed by atoms with E-state index in [-0.39, 0.29) is 5.92 Å². The lowest BCUT2D eigenvalue weighted by Gasteiger charge is -2.50. The van der Waals surface area contributed by atoms with Crippen molar-refractivity contribution in [2.45, 2.75) is 64.1 Å². The minimum absolute atomic E-state index is 0.0877. The molecule has 2 bridgehead atoms. The molecule has 3 heteroatoms. The van der Waals surface area contributed by atoms with E-state index < -0.39 is 5.97 Å². The van der Waals surface area contributed by atoms with Gasteiger partial charge in [0.2, 0.25) is 0 Å². The maximum Gasteiger partial charge on any atom is 0.306 e. The molecule has 0 unspecified atom stereocenters. The van der Waals surface area contributed by atoms with Gasteiger partial charge in [-0.25, -0.2) is 0 Å². The van der Waals surface area contributed by atoms with Crippen LogP contribution in [0, 0.1) is 5.92 Å². The predicted octanol–water partition coefficient (Wildman–Crippen LogP) is 2.11. The van der Waals surface area contributed by atoms with Crippen LogP contribution in [0.4, 0.5) is 0 Å². The molecule has 0 amide bonds. The first kappa shape index (κ1) is 10.9. The number of nitrogens with zero attached hydrogens (tertiary/aromatic N) is 1. The Balaban J connectivity index is 2.11. The molecule has 0 radical (unpaired) electrons. The van der Waals surface area contributed by atoms with Gasteiger partial charge in [0, 0.05) is 18.1 Å². The lowest BCUT2D eigenvalue weighted by Crippen LogP contribution is -2.55. The van der Waals surface area contributed by atoms with Gasteiger partial charge >= 0.3 is 5.97 Å². The zero-order valence-electron chi connectivity index (χ0n) is 9.65. The molecule has 2 fully saturated rings. The summed E-state index contributed by atoms with van der Waals surface area (Å²) in [6, 6.07) is 1.62. The number of fused-ring (bicyclic) bond motifs is 2. The van der Waals surface area contributed by atoms with Crippen molar-refractivity contribution in [2.75, 3.05) is 0 Å². The third-order valence-corrected chi connectivity index (χ3v) is 3.98. The fourth-order valence-corrected chi connectivity index (χ4v) is 3.46. The molecule has 0 saturated carbocycles. The standard InChI is InChI=1S/C12H21NO2/c1-8(2)13-10-4-3-5-11(13)7-9(6-10)12(14)15/h8-11H,3-7H2,1-2H3,(H,14,15)/t10-,11-/m1/s1. The molecule has 2 rings (SSSR count). The molecule has 15 heavy (non-hydrogen) atoms. The molecular formula is C12H21NO2. The Hall–Kier alpha value is -0.570. The van der Waals surface area contributed by atoms with Crippen LogP contribution in [0.15, 0.2) is 0 Å². The molecule has 0 spiro atoms. The Morgan fingerprint density at radius 3 is 2.20 bits per heavy atom. The molecule has 2 atom stereocenters. The van der Waals surface area contributed by atoms with Crippen LogP contribution in [0.5, 0.6) is 0 Å². The van der Waals surface area contributed by atoms with Crippen LogP contribution in [0.1, 0.15) is 46.0 Å². The smallest absolute Gasteiger partial charge is 0.306 e. The van der Waals surface area contributed by atoms with Gasteiger partial charge in [-0.3, -0.25) is 9.69 Å². The molecular weight excluding hydrogens is 190 g/mol. The fraction of sp³-hybridized carbons (Fsp3) is 0.917. The first-order chi connectivity index (χ1) is 7.09. The van der Waals surface area contributed by atoms with Crippen molar-refractivity contribution < 1.29 is 9.90 Å². The summed E-state index contributed by atoms with van der Waals surface area (Å²) in [5.41, 5.74) is 0. The highest BCUT2D eigenvalue weighted by molar-refractivity contribution is 5.70. The lowest BCUT2D eigenvalue weighted by atomic mass is 9.77. The van der Waals surface area contributed by atoms with Gasteiger partial charge in [0.25, 0.3) is 0 Å². The molecule has 0 aromatic heterocycles. The van der Waals surface area contributed by atoms with Gasteiger partial charge < -0.3 is 5.11 Å². The van der Waals surface area contributed by atoms with Crippen molar-refractivity contribution in [3.63, 3.8) is 0 Å². The molecule has 0 aromatic rings. The van der Waals surface area contributed by atoms with Crippen LogP contribution in [-0.2, 0) is 4.79 Å². The third-order valence-electron chi connectivity index (χ3n) is 3.98. The van der Waals surface area contributed by atoms with Crippen molar-refractivity contribution in [3.05, 3.63) is 0 Å². The fourth-order valence-electron chi connectivity index (χ4n) is 3.46. The Labute approximate surface area is 91.5 Å². The summed E-state index contributed by atoms with van der Waals surface area (Å²) >= 11 is 0. The summed E-state index contributed by atoms with van der Waals surface area (Å²) in [6.07, 6.45) is 5.40. The Morgan fingerprint density at radius 1 is 1.27 bits per heavy atom. The van der Waals surface area contributed by atoms with E-state index in [1.807, 2.05) is 0 Å². The molecule has 2 saturated heterocycles. The maximum absolute atomic E-state index is 11.0. The van der Waals surface area contributed by atoms with Gasteiger partial charge in [-0.1, -0.05) is 6.42 Å². The number of carboxylic acids is 1. The average molecular weight is 211 g/mol. The molecule has 1 N–H and O–H groups in total. The van der Waals surface area contributed by atoms with Crippen molar-refractivity contribution in [1.29, 1.82) is 0 Å². The maximum atomic E-state index is 11.0. The van der Waals surface area contributed by atoms with E-state index in [2.05, 4.69) is 18.7 Å². The van der Waals surface area contributed by atoms with E-state index in [0.29, 0.717) is 18.1 Å². The lowest BCUT2D eigenvalue weighted by molar-refractivity contribution is -0.146. The first-order valence-corrected chi connectivity index (χ1v) is 6.10. The number of carbonyl (C=O) groups is 1. The van der Waals surface area contributed by atoms with Crippen LogP contribution in [0.25, 0.3) is 0 Å². The minimum Gasteiger partial charge on any atom is -0.481 e. The van der Waals surface area contributed by atoms with Gasteiger partial charge in [0.1, 0.15) is 0 Å². The van der Waals surface area contributed by atoms with E-state index in [9.17, 15) is 4.79 Å². The summed E-state index contributed by atoms with van der Waals surface area (Å²) in [5.74, 6) is -0.675. The highest BCUT2D eigenvalue weighted by Crippen LogP contribution is 2.38. The number of carboxylic acid groups (broad SMARTS) is 1. The van der Waals surface area contributed by atoms with Crippen molar-refractivity contribution in [1.82, 2.24) is 4.90 Å². The number of piperidine rings is 2. The van der Waals surface area contributed by atoms with Crippen molar-refractivity contribution >= 4 is 5.97 Å². The summed E-state index contributed by atoms with van der Waals surface area (Å²) in [4.78, 5) is 13.6. The molecule has 2 aliphatic rings. The SMILES string of the molecule is CC(C)N1[C@@H]2CCC[C@@H]1CC(C(=O)O)C2. The van der Waals surface area contributed by atoms with Gasteiger partial charge in [-0.15, -0.1) is 0 Å². The monoisotopic (exact) mass is 211 g/mol. The normalized spacial score (nSPS) is 36.9. The number of rotatable bonds is 2. The molecule has 2 aliphatic heterocycles. The Bertz CT molecular complexity index is 238. The summed E-state index contributed by atoms with van der Waals surface area (Å²) in [7, 11) is 0. The van der Waals surface area contributed by atoms with E-state index in [1.54, 1.807) is 0 Å². The molecule has 3 nitrogen and oxygen atoms in total. The quantitative estimate of drug-likeness (QED) is 0.760. The zero-order chi connectivity index (χ0) is 11.0. The van der Waals surface area contributed by atoms with Gasteiger partial charge in [-0.2, -0.15) is 0 Å². The number of aliphatic carboxylic acids is 1. The van der Waals surface area contributed by atoms with Crippen LogP contribution in [-0.4, -0.2) is 34.1 Å². The van der Waals surface area contributed by atoms with Gasteiger partial charge in [0.05, 0.1) is 5.92 Å². The predicted molar refractivity (Wildman–Crippen MR) is 58.8 cm³/mol. The van der Waals surface area contributed by atoms with Crippen LogP contribution >= 0.6 is 0 Å². The van der Waals surface area contributed by atoms with Crippen LogP contribution in [0.2, 0.25) is 0 Å². The summed E-state index contributed by atoms with van der Waals surface area (Å²) in [5, 5.41) is 9.10. The second-order valence-electron chi connectivity index (χ2n) is 5.29. The Morgan fingerprint density at radius 2 is 1.80 bits per heavy atom. The van der Waals surface area contributed by atoms with Gasteiger partial charge in [0.15, 0.2) is 0 Å². The molecule has 0 aromatic carbocycles. The first-order valence-electron chi connectivity index (χ1n) is 6.10. The third kappa shape index (κ3) is 2.03.